The van der Waals surface area contributed by atoms with E-state index in [1.54, 1.807) is 0 Å². The average Bonchev–Trinajstić information content (AvgIpc) is 3.05. The highest BCUT2D eigenvalue weighted by atomic mass is 15.1. The molecule has 2 aromatic rings. The molecule has 0 saturated carbocycles. The van der Waals surface area contributed by atoms with E-state index in [2.05, 4.69) is 62.3 Å². The van der Waals surface area contributed by atoms with Crippen molar-refractivity contribution in [3.05, 3.63) is 83.6 Å². The van der Waals surface area contributed by atoms with Gasteiger partial charge in [0.15, 0.2) is 0 Å². The molecule has 0 spiro atoms. The molecule has 0 amide bonds. The summed E-state index contributed by atoms with van der Waals surface area (Å²) in [5, 5.41) is 0. The average molecular weight is 302 g/mol. The van der Waals surface area contributed by atoms with E-state index < -0.39 is 0 Å². The first-order chi connectivity index (χ1) is 11.2. The Kier molecular flexibility index (Phi) is 4.42. The molecule has 1 aliphatic rings. The Hall–Kier alpha value is -2.61. The minimum atomic E-state index is 0.975. The van der Waals surface area contributed by atoms with Gasteiger partial charge >= 0.3 is 0 Å². The van der Waals surface area contributed by atoms with Gasteiger partial charge in [0, 0.05) is 31.1 Å². The second-order valence-electron chi connectivity index (χ2n) is 5.94. The van der Waals surface area contributed by atoms with Crippen molar-refractivity contribution in [3.8, 4) is 0 Å². The number of allylic oxidation sites excluding steroid dienone is 3. The lowest BCUT2D eigenvalue weighted by atomic mass is 9.95. The standard InChI is InChI=1S/C21H22N2/c1-16(22-17-10-5-4-6-11-17)18-12-7-8-13-19(18)20-14-9-15-21(20)23(2)3/h4-13,15H,14H2,1-3H3. The van der Waals surface area contributed by atoms with E-state index in [1.807, 2.05) is 30.3 Å². The number of benzene rings is 2. The van der Waals surface area contributed by atoms with Gasteiger partial charge in [-0.2, -0.15) is 0 Å². The zero-order valence-electron chi connectivity index (χ0n) is 14.0. The van der Waals surface area contributed by atoms with Gasteiger partial charge in [0.2, 0.25) is 0 Å². The highest BCUT2D eigenvalue weighted by Gasteiger charge is 2.16. The topological polar surface area (TPSA) is 15.6 Å². The number of nitrogens with zero attached hydrogens (tertiary/aromatic N) is 2. The van der Waals surface area contributed by atoms with Gasteiger partial charge in [0.25, 0.3) is 0 Å². The van der Waals surface area contributed by atoms with Gasteiger partial charge < -0.3 is 4.90 Å². The molecule has 0 N–H and O–H groups in total. The molecular weight excluding hydrogens is 280 g/mol. The van der Waals surface area contributed by atoms with Crippen molar-refractivity contribution in [3.63, 3.8) is 0 Å². The Morgan fingerprint density at radius 2 is 1.65 bits per heavy atom. The van der Waals surface area contributed by atoms with Gasteiger partial charge in [-0.1, -0.05) is 48.5 Å². The van der Waals surface area contributed by atoms with Crippen LogP contribution in [0.2, 0.25) is 0 Å². The summed E-state index contributed by atoms with van der Waals surface area (Å²) in [5.74, 6) is 0. The molecule has 23 heavy (non-hydrogen) atoms. The van der Waals surface area contributed by atoms with Crippen molar-refractivity contribution in [2.24, 2.45) is 4.99 Å². The van der Waals surface area contributed by atoms with E-state index in [0.717, 1.165) is 17.8 Å². The number of para-hydroxylation sites is 1. The summed E-state index contributed by atoms with van der Waals surface area (Å²) in [4.78, 5) is 6.97. The first-order valence-electron chi connectivity index (χ1n) is 7.94. The predicted octanol–water partition coefficient (Wildman–Crippen LogP) is 5.06. The van der Waals surface area contributed by atoms with Crippen molar-refractivity contribution >= 4 is 17.0 Å². The number of rotatable bonds is 4. The van der Waals surface area contributed by atoms with E-state index in [9.17, 15) is 0 Å². The summed E-state index contributed by atoms with van der Waals surface area (Å²) in [7, 11) is 4.19. The fraction of sp³-hybridized carbons (Fsp3) is 0.190. The van der Waals surface area contributed by atoms with Gasteiger partial charge in [-0.25, -0.2) is 0 Å². The molecule has 116 valence electrons. The molecule has 2 aromatic carbocycles. The van der Waals surface area contributed by atoms with Crippen LogP contribution in [-0.2, 0) is 0 Å². The third-order valence-electron chi connectivity index (χ3n) is 4.08. The van der Waals surface area contributed by atoms with Crippen LogP contribution in [0, 0.1) is 0 Å². The Morgan fingerprint density at radius 1 is 0.957 bits per heavy atom. The quantitative estimate of drug-likeness (QED) is 0.721. The first kappa shape index (κ1) is 15.3. The largest absolute Gasteiger partial charge is 0.377 e. The number of aliphatic imine (C=N–C) groups is 1. The summed E-state index contributed by atoms with van der Waals surface area (Å²) >= 11 is 0. The third kappa shape index (κ3) is 3.26. The van der Waals surface area contributed by atoms with E-state index in [0.29, 0.717) is 0 Å². The van der Waals surface area contributed by atoms with E-state index in [1.165, 1.54) is 22.4 Å². The van der Waals surface area contributed by atoms with Crippen molar-refractivity contribution in [2.75, 3.05) is 14.1 Å². The van der Waals surface area contributed by atoms with E-state index >= 15 is 0 Å². The van der Waals surface area contributed by atoms with Crippen molar-refractivity contribution in [1.29, 1.82) is 0 Å². The second-order valence-corrected chi connectivity index (χ2v) is 5.94. The molecule has 2 nitrogen and oxygen atoms in total. The van der Waals surface area contributed by atoms with Crippen LogP contribution in [0.15, 0.2) is 77.4 Å². The summed E-state index contributed by atoms with van der Waals surface area (Å²) in [6, 6.07) is 18.7. The van der Waals surface area contributed by atoms with Crippen LogP contribution in [0.4, 0.5) is 5.69 Å². The molecule has 2 heteroatoms. The van der Waals surface area contributed by atoms with Crippen LogP contribution in [0.3, 0.4) is 0 Å². The molecule has 0 aromatic heterocycles. The maximum atomic E-state index is 4.79. The van der Waals surface area contributed by atoms with Gasteiger partial charge in [0.05, 0.1) is 5.69 Å². The number of hydrogen-bond acceptors (Lipinski definition) is 2. The van der Waals surface area contributed by atoms with Crippen LogP contribution in [0.25, 0.3) is 5.57 Å². The molecule has 0 saturated heterocycles. The minimum Gasteiger partial charge on any atom is -0.377 e. The first-order valence-corrected chi connectivity index (χ1v) is 7.94. The molecule has 0 atom stereocenters. The lowest BCUT2D eigenvalue weighted by molar-refractivity contribution is 0.533. The van der Waals surface area contributed by atoms with E-state index in [4.69, 9.17) is 4.99 Å². The van der Waals surface area contributed by atoms with Gasteiger partial charge in [-0.15, -0.1) is 0 Å². The summed E-state index contributed by atoms with van der Waals surface area (Å²) in [6.07, 6.45) is 5.41. The van der Waals surface area contributed by atoms with Gasteiger partial charge in [0.1, 0.15) is 0 Å². The zero-order valence-corrected chi connectivity index (χ0v) is 14.0. The van der Waals surface area contributed by atoms with Crippen molar-refractivity contribution in [2.45, 2.75) is 13.3 Å². The molecule has 0 unspecified atom stereocenters. The van der Waals surface area contributed by atoms with Crippen LogP contribution < -0.4 is 0 Å². The Bertz CT molecular complexity index is 780. The van der Waals surface area contributed by atoms with E-state index in [-0.39, 0.29) is 0 Å². The van der Waals surface area contributed by atoms with Gasteiger partial charge in [-0.3, -0.25) is 4.99 Å². The summed E-state index contributed by atoms with van der Waals surface area (Å²) in [5.41, 5.74) is 7.17. The monoisotopic (exact) mass is 302 g/mol. The maximum absolute atomic E-state index is 4.79. The highest BCUT2D eigenvalue weighted by Crippen LogP contribution is 2.32. The number of hydrogen-bond donors (Lipinski definition) is 0. The molecule has 1 aliphatic carbocycles. The smallest absolute Gasteiger partial charge is 0.0633 e. The minimum absolute atomic E-state index is 0.975. The van der Waals surface area contributed by atoms with Crippen LogP contribution in [0.5, 0.6) is 0 Å². The SMILES string of the molecule is CC(=Nc1ccccc1)c1ccccc1C1=C(N(C)C)C=CC1. The zero-order chi connectivity index (χ0) is 16.2. The predicted molar refractivity (Wildman–Crippen MR) is 99.1 cm³/mol. The molecule has 0 bridgehead atoms. The van der Waals surface area contributed by atoms with Gasteiger partial charge in [-0.05, 0) is 42.7 Å². The Morgan fingerprint density at radius 3 is 2.39 bits per heavy atom. The normalized spacial score (nSPS) is 14.5. The molecule has 0 aliphatic heterocycles. The summed E-state index contributed by atoms with van der Waals surface area (Å²) < 4.78 is 0. The van der Waals surface area contributed by atoms with Crippen LogP contribution in [-0.4, -0.2) is 24.7 Å². The molecule has 3 rings (SSSR count). The van der Waals surface area contributed by atoms with Crippen LogP contribution in [0.1, 0.15) is 24.5 Å². The molecule has 0 fully saturated rings. The fourth-order valence-corrected chi connectivity index (χ4v) is 2.98. The second kappa shape index (κ2) is 6.66. The lowest BCUT2D eigenvalue weighted by Crippen LogP contribution is -2.11. The Balaban J connectivity index is 2.06. The third-order valence-corrected chi connectivity index (χ3v) is 4.08. The fourth-order valence-electron chi connectivity index (χ4n) is 2.98. The number of likely N-dealkylation sites (N-methyl/N-ethyl adjacent to an activating group) is 1. The summed E-state index contributed by atoms with van der Waals surface area (Å²) in [6.45, 7) is 2.09. The molecule has 0 radical (unpaired) electrons. The van der Waals surface area contributed by atoms with Crippen molar-refractivity contribution in [1.82, 2.24) is 4.90 Å². The van der Waals surface area contributed by atoms with Crippen molar-refractivity contribution < 1.29 is 0 Å². The lowest BCUT2D eigenvalue weighted by Gasteiger charge is -2.18. The maximum Gasteiger partial charge on any atom is 0.0633 e. The Labute approximate surface area is 138 Å². The van der Waals surface area contributed by atoms with Crippen LogP contribution >= 0.6 is 0 Å². The highest BCUT2D eigenvalue weighted by molar-refractivity contribution is 6.04. The molecule has 0 heterocycles. The molecular formula is C21H22N2.